The average molecular weight is 379 g/mol. The largest absolute Gasteiger partial charge is 0.497 e. The maximum absolute atomic E-state index is 12.0. The van der Waals surface area contributed by atoms with Gasteiger partial charge in [-0.2, -0.15) is 0 Å². The van der Waals surface area contributed by atoms with Gasteiger partial charge in [0.15, 0.2) is 0 Å². The van der Waals surface area contributed by atoms with Crippen molar-refractivity contribution in [3.63, 3.8) is 0 Å². The lowest BCUT2D eigenvalue weighted by Gasteiger charge is -2.13. The van der Waals surface area contributed by atoms with Crippen LogP contribution in [0, 0.1) is 6.92 Å². The zero-order valence-electron chi connectivity index (χ0n) is 15.1. The normalized spacial score (nSPS) is 10.2. The molecular weight excluding hydrogens is 356 g/mol. The van der Waals surface area contributed by atoms with E-state index in [-0.39, 0.29) is 12.5 Å². The highest BCUT2D eigenvalue weighted by molar-refractivity contribution is 6.31. The quantitative estimate of drug-likeness (QED) is 0.655. The monoisotopic (exact) mass is 378 g/mol. The topological polar surface area (TPSA) is 68.8 Å². The number of aryl methyl sites for hydroxylation is 1. The Balaban J connectivity index is 1.73. The van der Waals surface area contributed by atoms with E-state index in [1.54, 1.807) is 20.3 Å². The molecule has 0 aliphatic heterocycles. The van der Waals surface area contributed by atoms with Gasteiger partial charge >= 0.3 is 0 Å². The third-order valence-corrected chi connectivity index (χ3v) is 4.08. The van der Waals surface area contributed by atoms with Gasteiger partial charge in [-0.1, -0.05) is 11.6 Å². The molecule has 0 spiro atoms. The predicted octanol–water partition coefficient (Wildman–Crippen LogP) is 3.27. The molecule has 0 fully saturated rings. The van der Waals surface area contributed by atoms with Crippen molar-refractivity contribution in [1.29, 1.82) is 0 Å². The van der Waals surface area contributed by atoms with Crippen LogP contribution >= 0.6 is 11.6 Å². The molecule has 0 aliphatic carbocycles. The summed E-state index contributed by atoms with van der Waals surface area (Å²) in [4.78, 5) is 12.0. The molecule has 0 radical (unpaired) electrons. The fourth-order valence-electron chi connectivity index (χ4n) is 2.24. The van der Waals surface area contributed by atoms with Crippen LogP contribution in [0.25, 0.3) is 0 Å². The van der Waals surface area contributed by atoms with Crippen molar-refractivity contribution in [3.8, 4) is 17.2 Å². The van der Waals surface area contributed by atoms with E-state index in [2.05, 4.69) is 10.6 Å². The molecule has 0 unspecified atom stereocenters. The maximum Gasteiger partial charge on any atom is 0.239 e. The van der Waals surface area contributed by atoms with Crippen LogP contribution in [0.1, 0.15) is 5.56 Å². The van der Waals surface area contributed by atoms with Gasteiger partial charge in [0, 0.05) is 11.1 Å². The Morgan fingerprint density at radius 1 is 1.08 bits per heavy atom. The highest BCUT2D eigenvalue weighted by Gasteiger charge is 2.08. The number of anilines is 1. The number of rotatable bonds is 9. The summed E-state index contributed by atoms with van der Waals surface area (Å²) >= 11 is 6.07. The summed E-state index contributed by atoms with van der Waals surface area (Å²) in [5, 5.41) is 6.46. The van der Waals surface area contributed by atoms with Crippen LogP contribution in [0.5, 0.6) is 17.2 Å². The number of ether oxygens (including phenoxy) is 3. The van der Waals surface area contributed by atoms with E-state index in [0.717, 1.165) is 22.7 Å². The van der Waals surface area contributed by atoms with Gasteiger partial charge in [-0.3, -0.25) is 4.79 Å². The molecule has 0 saturated heterocycles. The van der Waals surface area contributed by atoms with Crippen molar-refractivity contribution in [2.45, 2.75) is 6.92 Å². The smallest absolute Gasteiger partial charge is 0.239 e. The van der Waals surface area contributed by atoms with E-state index >= 15 is 0 Å². The lowest BCUT2D eigenvalue weighted by atomic mass is 10.2. The summed E-state index contributed by atoms with van der Waals surface area (Å²) in [6, 6.07) is 10.8. The van der Waals surface area contributed by atoms with Gasteiger partial charge in [-0.25, -0.2) is 0 Å². The molecular formula is C19H23ClN2O4. The minimum Gasteiger partial charge on any atom is -0.497 e. The van der Waals surface area contributed by atoms with Gasteiger partial charge in [0.1, 0.15) is 23.9 Å². The first-order chi connectivity index (χ1) is 12.5. The lowest BCUT2D eigenvalue weighted by Crippen LogP contribution is -2.33. The van der Waals surface area contributed by atoms with E-state index in [0.29, 0.717) is 23.9 Å². The van der Waals surface area contributed by atoms with Gasteiger partial charge in [0.2, 0.25) is 5.91 Å². The number of carbonyl (C=O) groups excluding carboxylic acids is 1. The first-order valence-corrected chi connectivity index (χ1v) is 8.53. The van der Waals surface area contributed by atoms with Crippen molar-refractivity contribution in [2.24, 2.45) is 0 Å². The Hall–Kier alpha value is -2.60. The number of hydrogen-bond donors (Lipinski definition) is 2. The number of methoxy groups -OCH3 is 2. The van der Waals surface area contributed by atoms with E-state index in [9.17, 15) is 4.79 Å². The summed E-state index contributed by atoms with van der Waals surface area (Å²) in [5.74, 6) is 1.94. The molecule has 2 N–H and O–H groups in total. The molecule has 1 amide bonds. The third-order valence-electron chi connectivity index (χ3n) is 3.67. The van der Waals surface area contributed by atoms with Crippen LogP contribution in [0.15, 0.2) is 36.4 Å². The Morgan fingerprint density at radius 2 is 1.77 bits per heavy atom. The second-order valence-corrected chi connectivity index (χ2v) is 5.94. The number of carbonyl (C=O) groups is 1. The molecule has 26 heavy (non-hydrogen) atoms. The molecule has 2 rings (SSSR count). The molecule has 0 aromatic heterocycles. The van der Waals surface area contributed by atoms with Crippen molar-refractivity contribution >= 4 is 23.2 Å². The fraction of sp³-hybridized carbons (Fsp3) is 0.316. The first-order valence-electron chi connectivity index (χ1n) is 8.15. The first kappa shape index (κ1) is 19.7. The van der Waals surface area contributed by atoms with E-state index < -0.39 is 0 Å². The van der Waals surface area contributed by atoms with Crippen molar-refractivity contribution < 1.29 is 19.0 Å². The van der Waals surface area contributed by atoms with Gasteiger partial charge in [-0.15, -0.1) is 0 Å². The summed E-state index contributed by atoms with van der Waals surface area (Å²) in [6.45, 7) is 2.80. The van der Waals surface area contributed by atoms with Gasteiger partial charge < -0.3 is 24.8 Å². The third kappa shape index (κ3) is 5.74. The number of benzene rings is 2. The molecule has 0 bridgehead atoms. The summed E-state index contributed by atoms with van der Waals surface area (Å²) in [5.41, 5.74) is 1.63. The molecule has 140 valence electrons. The summed E-state index contributed by atoms with van der Waals surface area (Å²) in [6.07, 6.45) is 0. The van der Waals surface area contributed by atoms with Crippen molar-refractivity contribution in [2.75, 3.05) is 39.2 Å². The molecule has 7 heteroatoms. The highest BCUT2D eigenvalue weighted by Crippen LogP contribution is 2.30. The molecule has 0 saturated carbocycles. The minimum absolute atomic E-state index is 0.125. The van der Waals surface area contributed by atoms with Crippen LogP contribution in [0.2, 0.25) is 5.02 Å². The zero-order valence-corrected chi connectivity index (χ0v) is 15.9. The number of hydrogen-bond acceptors (Lipinski definition) is 5. The highest BCUT2D eigenvalue weighted by atomic mass is 35.5. The molecule has 0 heterocycles. The maximum atomic E-state index is 12.0. The van der Waals surface area contributed by atoms with E-state index in [1.165, 1.54) is 0 Å². The van der Waals surface area contributed by atoms with Crippen molar-refractivity contribution in [3.05, 3.63) is 47.0 Å². The van der Waals surface area contributed by atoms with Crippen LogP contribution in [-0.2, 0) is 4.79 Å². The second-order valence-electron chi connectivity index (χ2n) is 5.53. The number of nitrogens with one attached hydrogen (secondary N) is 2. The van der Waals surface area contributed by atoms with Crippen LogP contribution in [0.3, 0.4) is 0 Å². The number of halogens is 1. The Bertz CT molecular complexity index is 735. The average Bonchev–Trinajstić information content (AvgIpc) is 2.66. The van der Waals surface area contributed by atoms with Gasteiger partial charge in [0.25, 0.3) is 0 Å². The second kappa shape index (κ2) is 9.77. The molecule has 0 aliphatic rings. The zero-order chi connectivity index (χ0) is 18.9. The molecule has 0 atom stereocenters. The van der Waals surface area contributed by atoms with Gasteiger partial charge in [-0.05, 0) is 42.8 Å². The molecule has 2 aromatic rings. The van der Waals surface area contributed by atoms with Crippen molar-refractivity contribution in [1.82, 2.24) is 5.32 Å². The fourth-order valence-corrected chi connectivity index (χ4v) is 2.39. The Kier molecular flexibility index (Phi) is 7.41. The Morgan fingerprint density at radius 3 is 2.42 bits per heavy atom. The van der Waals surface area contributed by atoms with Crippen LogP contribution < -0.4 is 24.8 Å². The lowest BCUT2D eigenvalue weighted by molar-refractivity contribution is -0.119. The summed E-state index contributed by atoms with van der Waals surface area (Å²) < 4.78 is 15.9. The van der Waals surface area contributed by atoms with Crippen LogP contribution in [-0.4, -0.2) is 39.8 Å². The standard InChI is InChI=1S/C19H23ClN2O4/c1-13-10-17(18(25-3)11-16(13)20)22-12-19(23)21-8-9-26-15-6-4-14(24-2)5-7-15/h4-7,10-11,22H,8-9,12H2,1-3H3,(H,21,23). The minimum atomic E-state index is -0.141. The molecule has 2 aromatic carbocycles. The van der Waals surface area contributed by atoms with Crippen LogP contribution in [0.4, 0.5) is 5.69 Å². The predicted molar refractivity (Wildman–Crippen MR) is 103 cm³/mol. The number of amides is 1. The molecule has 6 nitrogen and oxygen atoms in total. The Labute approximate surface area is 158 Å². The summed E-state index contributed by atoms with van der Waals surface area (Å²) in [7, 11) is 3.17. The van der Waals surface area contributed by atoms with E-state index in [1.807, 2.05) is 37.3 Å². The van der Waals surface area contributed by atoms with Gasteiger partial charge in [0.05, 0.1) is 33.0 Å². The SMILES string of the molecule is COc1ccc(OCCNC(=O)CNc2cc(C)c(Cl)cc2OC)cc1. The van der Waals surface area contributed by atoms with E-state index in [4.69, 9.17) is 25.8 Å².